The van der Waals surface area contributed by atoms with Gasteiger partial charge in [0.15, 0.2) is 0 Å². The van der Waals surface area contributed by atoms with E-state index < -0.39 is 17.6 Å². The van der Waals surface area contributed by atoms with E-state index >= 15 is 0 Å². The summed E-state index contributed by atoms with van der Waals surface area (Å²) in [7, 11) is 0. The summed E-state index contributed by atoms with van der Waals surface area (Å²) in [5.41, 5.74) is 0.402. The highest BCUT2D eigenvalue weighted by Gasteiger charge is 2.14. The van der Waals surface area contributed by atoms with Crippen molar-refractivity contribution in [3.05, 3.63) is 39.9 Å². The number of rotatable bonds is 4. The molecular formula is C9H11NO4. The van der Waals surface area contributed by atoms with Gasteiger partial charge < -0.3 is 10.2 Å². The number of nitrogens with zero attached hydrogens (tertiary/aromatic N) is 1. The lowest BCUT2D eigenvalue weighted by molar-refractivity contribution is -0.385. The van der Waals surface area contributed by atoms with E-state index in [0.29, 0.717) is 5.56 Å². The van der Waals surface area contributed by atoms with Gasteiger partial charge in [0.25, 0.3) is 5.69 Å². The van der Waals surface area contributed by atoms with Crippen LogP contribution in [0.5, 0.6) is 0 Å². The van der Waals surface area contributed by atoms with Crippen LogP contribution in [-0.4, -0.2) is 27.8 Å². The maximum absolute atomic E-state index is 10.6. The number of benzene rings is 1. The summed E-state index contributed by atoms with van der Waals surface area (Å²) in [5.74, 6) is 0. The molecule has 0 heterocycles. The Bertz CT molecular complexity index is 326. The van der Waals surface area contributed by atoms with E-state index in [1.165, 1.54) is 6.07 Å². The van der Waals surface area contributed by atoms with Crippen LogP contribution in [0.4, 0.5) is 5.69 Å². The van der Waals surface area contributed by atoms with Gasteiger partial charge in [-0.05, 0) is 0 Å². The Morgan fingerprint density at radius 2 is 2.07 bits per heavy atom. The molecule has 0 spiro atoms. The number of nitro benzene ring substituents is 1. The van der Waals surface area contributed by atoms with Crippen LogP contribution < -0.4 is 0 Å². The van der Waals surface area contributed by atoms with Crippen LogP contribution in [0, 0.1) is 10.1 Å². The number of hydrogen-bond donors (Lipinski definition) is 2. The molecule has 0 aliphatic carbocycles. The Morgan fingerprint density at radius 3 is 2.64 bits per heavy atom. The van der Waals surface area contributed by atoms with Crippen molar-refractivity contribution < 1.29 is 15.1 Å². The average Bonchev–Trinajstić information content (AvgIpc) is 2.18. The molecule has 1 aromatic rings. The number of para-hydroxylation sites is 1. The fourth-order valence-electron chi connectivity index (χ4n) is 1.18. The number of aliphatic hydroxyl groups is 2. The summed E-state index contributed by atoms with van der Waals surface area (Å²) >= 11 is 0. The minimum Gasteiger partial charge on any atom is -0.394 e. The lowest BCUT2D eigenvalue weighted by Gasteiger charge is -2.06. The van der Waals surface area contributed by atoms with E-state index in [1.54, 1.807) is 18.2 Å². The van der Waals surface area contributed by atoms with Crippen molar-refractivity contribution in [2.75, 3.05) is 6.61 Å². The minimum absolute atomic E-state index is 0.0278. The smallest absolute Gasteiger partial charge is 0.272 e. The zero-order valence-electron chi connectivity index (χ0n) is 7.46. The molecule has 0 radical (unpaired) electrons. The molecular weight excluding hydrogens is 186 g/mol. The van der Waals surface area contributed by atoms with Crippen molar-refractivity contribution in [1.82, 2.24) is 0 Å². The van der Waals surface area contributed by atoms with E-state index in [1.807, 2.05) is 0 Å². The van der Waals surface area contributed by atoms with E-state index in [4.69, 9.17) is 10.2 Å². The first-order valence-corrected chi connectivity index (χ1v) is 4.16. The van der Waals surface area contributed by atoms with E-state index in [-0.39, 0.29) is 12.1 Å². The molecule has 0 saturated heterocycles. The first-order chi connectivity index (χ1) is 6.65. The van der Waals surface area contributed by atoms with Gasteiger partial charge in [0, 0.05) is 18.1 Å². The highest BCUT2D eigenvalue weighted by atomic mass is 16.6. The summed E-state index contributed by atoms with van der Waals surface area (Å²) < 4.78 is 0. The minimum atomic E-state index is -0.948. The van der Waals surface area contributed by atoms with Crippen LogP contribution in [0.3, 0.4) is 0 Å². The maximum Gasteiger partial charge on any atom is 0.272 e. The molecule has 0 aromatic heterocycles. The third-order valence-corrected chi connectivity index (χ3v) is 1.85. The lowest BCUT2D eigenvalue weighted by atomic mass is 10.1. The van der Waals surface area contributed by atoms with Crippen LogP contribution in [0.15, 0.2) is 24.3 Å². The van der Waals surface area contributed by atoms with Gasteiger partial charge in [-0.3, -0.25) is 10.1 Å². The average molecular weight is 197 g/mol. The molecule has 2 N–H and O–H groups in total. The van der Waals surface area contributed by atoms with E-state index in [9.17, 15) is 10.1 Å². The first kappa shape index (κ1) is 10.6. The topological polar surface area (TPSA) is 83.6 Å². The molecule has 0 aliphatic rings. The quantitative estimate of drug-likeness (QED) is 0.543. The van der Waals surface area contributed by atoms with Crippen molar-refractivity contribution in [2.45, 2.75) is 12.5 Å². The van der Waals surface area contributed by atoms with Gasteiger partial charge in [-0.25, -0.2) is 0 Å². The number of nitro groups is 1. The van der Waals surface area contributed by atoms with E-state index in [0.717, 1.165) is 0 Å². The molecule has 1 atom stereocenters. The highest BCUT2D eigenvalue weighted by Crippen LogP contribution is 2.18. The Balaban J connectivity index is 2.90. The Morgan fingerprint density at radius 1 is 1.43 bits per heavy atom. The van der Waals surface area contributed by atoms with Crippen LogP contribution in [0.1, 0.15) is 5.56 Å². The molecule has 0 aliphatic heterocycles. The van der Waals surface area contributed by atoms with Crippen molar-refractivity contribution in [2.24, 2.45) is 0 Å². The standard InChI is InChI=1S/C9H11NO4/c11-6-8(12)5-7-3-1-2-4-9(7)10(13)14/h1-4,8,11-12H,5-6H2. The molecule has 0 saturated carbocycles. The molecule has 0 amide bonds. The molecule has 14 heavy (non-hydrogen) atoms. The van der Waals surface area contributed by atoms with Crippen LogP contribution in [0.25, 0.3) is 0 Å². The molecule has 0 bridgehead atoms. The number of hydrogen-bond acceptors (Lipinski definition) is 4. The largest absolute Gasteiger partial charge is 0.394 e. The van der Waals surface area contributed by atoms with Gasteiger partial charge >= 0.3 is 0 Å². The Kier molecular flexibility index (Phi) is 3.55. The summed E-state index contributed by atoms with van der Waals surface area (Å²) in [4.78, 5) is 10.1. The highest BCUT2D eigenvalue weighted by molar-refractivity contribution is 5.40. The van der Waals surface area contributed by atoms with Crippen molar-refractivity contribution >= 4 is 5.69 Å². The van der Waals surface area contributed by atoms with Crippen molar-refractivity contribution in [3.63, 3.8) is 0 Å². The second-order valence-electron chi connectivity index (χ2n) is 2.93. The van der Waals surface area contributed by atoms with Crippen molar-refractivity contribution in [3.8, 4) is 0 Å². The first-order valence-electron chi connectivity index (χ1n) is 4.16. The summed E-state index contributed by atoms with van der Waals surface area (Å²) in [5, 5.41) is 28.3. The molecule has 0 fully saturated rings. The van der Waals surface area contributed by atoms with Gasteiger partial charge in [-0.15, -0.1) is 0 Å². The van der Waals surface area contributed by atoms with Gasteiger partial charge in [0.2, 0.25) is 0 Å². The predicted molar refractivity (Wildman–Crippen MR) is 49.9 cm³/mol. The van der Waals surface area contributed by atoms with Crippen LogP contribution in [-0.2, 0) is 6.42 Å². The molecule has 1 unspecified atom stereocenters. The monoisotopic (exact) mass is 197 g/mol. The van der Waals surface area contributed by atoms with Crippen LogP contribution in [0.2, 0.25) is 0 Å². The van der Waals surface area contributed by atoms with Crippen LogP contribution >= 0.6 is 0 Å². The Hall–Kier alpha value is -1.46. The fourth-order valence-corrected chi connectivity index (χ4v) is 1.18. The third kappa shape index (κ3) is 2.51. The van der Waals surface area contributed by atoms with Gasteiger partial charge in [0.1, 0.15) is 0 Å². The molecule has 1 aromatic carbocycles. The molecule has 1 rings (SSSR count). The summed E-state index contributed by atoms with van der Waals surface area (Å²) in [6, 6.07) is 6.16. The van der Waals surface area contributed by atoms with Gasteiger partial charge in [0.05, 0.1) is 17.6 Å². The van der Waals surface area contributed by atoms with Crippen molar-refractivity contribution in [1.29, 1.82) is 0 Å². The second-order valence-corrected chi connectivity index (χ2v) is 2.93. The SMILES string of the molecule is O=[N+]([O-])c1ccccc1CC(O)CO. The van der Waals surface area contributed by atoms with Gasteiger partial charge in [-0.1, -0.05) is 18.2 Å². The molecule has 5 heteroatoms. The second kappa shape index (κ2) is 4.69. The normalized spacial score (nSPS) is 12.4. The maximum atomic E-state index is 10.6. The summed E-state index contributed by atoms with van der Waals surface area (Å²) in [6.07, 6.45) is -0.857. The zero-order valence-corrected chi connectivity index (χ0v) is 7.46. The lowest BCUT2D eigenvalue weighted by Crippen LogP contribution is -2.15. The predicted octanol–water partition coefficient (Wildman–Crippen LogP) is 0.490. The third-order valence-electron chi connectivity index (χ3n) is 1.85. The fraction of sp³-hybridized carbons (Fsp3) is 0.333. The zero-order chi connectivity index (χ0) is 10.6. The van der Waals surface area contributed by atoms with E-state index in [2.05, 4.69) is 0 Å². The molecule has 5 nitrogen and oxygen atoms in total. The number of aliphatic hydroxyl groups excluding tert-OH is 2. The summed E-state index contributed by atoms with van der Waals surface area (Å²) in [6.45, 7) is -0.397. The van der Waals surface area contributed by atoms with Gasteiger partial charge in [-0.2, -0.15) is 0 Å². The molecule has 76 valence electrons. The Labute approximate surface area is 80.8 Å².